The van der Waals surface area contributed by atoms with Crippen LogP contribution in [0, 0.1) is 0 Å². The molecular formula is C18H30IN5O2. The molecule has 2 heterocycles. The first-order valence-electron chi connectivity index (χ1n) is 8.99. The van der Waals surface area contributed by atoms with E-state index in [-0.39, 0.29) is 35.9 Å². The fourth-order valence-corrected chi connectivity index (χ4v) is 2.71. The summed E-state index contributed by atoms with van der Waals surface area (Å²) in [6, 6.07) is 4.12. The topological polar surface area (TPSA) is 78.9 Å². The van der Waals surface area contributed by atoms with Crippen LogP contribution < -0.4 is 15.4 Å². The number of hydrogen-bond acceptors (Lipinski definition) is 4. The van der Waals surface area contributed by atoms with E-state index in [2.05, 4.69) is 27.5 Å². The normalized spacial score (nSPS) is 16.8. The molecule has 26 heavy (non-hydrogen) atoms. The Kier molecular flexibility index (Phi) is 10.3. The molecule has 1 fully saturated rings. The summed E-state index contributed by atoms with van der Waals surface area (Å²) in [6.45, 7) is 6.82. The lowest BCUT2D eigenvalue weighted by Crippen LogP contribution is -2.44. The van der Waals surface area contributed by atoms with Crippen LogP contribution in [-0.4, -0.2) is 54.5 Å². The van der Waals surface area contributed by atoms with Crippen LogP contribution in [0.2, 0.25) is 0 Å². The number of aliphatic imine (C=N–C) groups is 1. The van der Waals surface area contributed by atoms with Gasteiger partial charge in [-0.2, -0.15) is 0 Å². The Morgan fingerprint density at radius 2 is 2.23 bits per heavy atom. The van der Waals surface area contributed by atoms with E-state index in [1.165, 1.54) is 0 Å². The van der Waals surface area contributed by atoms with Gasteiger partial charge in [0, 0.05) is 51.4 Å². The maximum Gasteiger partial charge on any atom is 0.222 e. The zero-order chi connectivity index (χ0) is 18.1. The van der Waals surface area contributed by atoms with Crippen molar-refractivity contribution < 1.29 is 9.53 Å². The summed E-state index contributed by atoms with van der Waals surface area (Å²) in [4.78, 5) is 22.2. The van der Waals surface area contributed by atoms with Crippen LogP contribution in [0.4, 0.5) is 0 Å². The zero-order valence-corrected chi connectivity index (χ0v) is 18.2. The maximum absolute atomic E-state index is 11.8. The summed E-state index contributed by atoms with van der Waals surface area (Å²) in [5, 5.41) is 6.67. The van der Waals surface area contributed by atoms with Crippen LogP contribution in [0.1, 0.15) is 38.7 Å². The molecule has 2 N–H and O–H groups in total. The highest BCUT2D eigenvalue weighted by Gasteiger charge is 2.25. The first-order chi connectivity index (χ1) is 12.2. The molecule has 146 valence electrons. The summed E-state index contributed by atoms with van der Waals surface area (Å²) in [5.41, 5.74) is 1.06. The minimum Gasteiger partial charge on any atom is -0.478 e. The summed E-state index contributed by atoms with van der Waals surface area (Å²) in [7, 11) is 1.75. The lowest BCUT2D eigenvalue weighted by Gasteiger charge is -2.18. The number of amides is 1. The SMILES string of the molecule is CCCOc1ccc(CNC(=NC)NC2CCN(C(=O)CC)C2)cn1.I. The van der Waals surface area contributed by atoms with Crippen LogP contribution >= 0.6 is 24.0 Å². The summed E-state index contributed by atoms with van der Waals surface area (Å²) >= 11 is 0. The highest BCUT2D eigenvalue weighted by Crippen LogP contribution is 2.11. The van der Waals surface area contributed by atoms with E-state index in [9.17, 15) is 4.79 Å². The second-order valence-electron chi connectivity index (χ2n) is 6.10. The van der Waals surface area contributed by atoms with Gasteiger partial charge in [-0.25, -0.2) is 4.98 Å². The number of guanidine groups is 1. The number of nitrogens with zero attached hydrogens (tertiary/aromatic N) is 3. The average molecular weight is 475 g/mol. The number of nitrogens with one attached hydrogen (secondary N) is 2. The van der Waals surface area contributed by atoms with Crippen LogP contribution in [0.25, 0.3) is 0 Å². The number of pyridine rings is 1. The molecule has 0 aromatic carbocycles. The number of aromatic nitrogens is 1. The lowest BCUT2D eigenvalue weighted by molar-refractivity contribution is -0.129. The third-order valence-electron chi connectivity index (χ3n) is 4.12. The fourth-order valence-electron chi connectivity index (χ4n) is 2.71. The Morgan fingerprint density at radius 3 is 2.85 bits per heavy atom. The van der Waals surface area contributed by atoms with Gasteiger partial charge in [-0.15, -0.1) is 24.0 Å². The quantitative estimate of drug-likeness (QED) is 0.359. The summed E-state index contributed by atoms with van der Waals surface area (Å²) < 4.78 is 5.48. The predicted molar refractivity (Wildman–Crippen MR) is 114 cm³/mol. The van der Waals surface area contributed by atoms with Gasteiger partial charge in [0.15, 0.2) is 5.96 Å². The van der Waals surface area contributed by atoms with E-state index >= 15 is 0 Å². The molecule has 0 saturated carbocycles. The molecule has 1 amide bonds. The second kappa shape index (κ2) is 11.9. The molecule has 1 aliphatic rings. The number of hydrogen-bond donors (Lipinski definition) is 2. The fraction of sp³-hybridized carbons (Fsp3) is 0.611. The van der Waals surface area contributed by atoms with Gasteiger partial charge in [-0.1, -0.05) is 19.9 Å². The molecule has 1 unspecified atom stereocenters. The van der Waals surface area contributed by atoms with Crippen molar-refractivity contribution >= 4 is 35.8 Å². The van der Waals surface area contributed by atoms with Crippen molar-refractivity contribution in [1.29, 1.82) is 0 Å². The van der Waals surface area contributed by atoms with Crippen molar-refractivity contribution in [2.24, 2.45) is 4.99 Å². The lowest BCUT2D eigenvalue weighted by atomic mass is 10.2. The average Bonchev–Trinajstić information content (AvgIpc) is 3.12. The van der Waals surface area contributed by atoms with Gasteiger partial charge in [0.2, 0.25) is 11.8 Å². The first kappa shape index (κ1) is 22.5. The number of ether oxygens (including phenoxy) is 1. The second-order valence-corrected chi connectivity index (χ2v) is 6.10. The summed E-state index contributed by atoms with van der Waals surface area (Å²) in [6.07, 6.45) is 4.28. The Bertz CT molecular complexity index is 579. The minimum absolute atomic E-state index is 0. The number of rotatable bonds is 7. The van der Waals surface area contributed by atoms with E-state index in [0.717, 1.165) is 37.5 Å². The van der Waals surface area contributed by atoms with Gasteiger partial charge >= 0.3 is 0 Å². The Balaban J connectivity index is 0.00000338. The number of likely N-dealkylation sites (tertiary alicyclic amines) is 1. The third-order valence-corrected chi connectivity index (χ3v) is 4.12. The van der Waals surface area contributed by atoms with E-state index in [1.54, 1.807) is 7.05 Å². The van der Waals surface area contributed by atoms with Crippen molar-refractivity contribution in [2.75, 3.05) is 26.7 Å². The van der Waals surface area contributed by atoms with Gasteiger partial charge in [-0.05, 0) is 18.4 Å². The van der Waals surface area contributed by atoms with E-state index in [4.69, 9.17) is 4.74 Å². The van der Waals surface area contributed by atoms with Crippen molar-refractivity contribution in [3.63, 3.8) is 0 Å². The molecule has 1 aliphatic heterocycles. The van der Waals surface area contributed by atoms with Crippen molar-refractivity contribution in [3.8, 4) is 5.88 Å². The molecule has 2 rings (SSSR count). The van der Waals surface area contributed by atoms with Gasteiger partial charge in [-0.3, -0.25) is 9.79 Å². The van der Waals surface area contributed by atoms with Gasteiger partial charge in [0.05, 0.1) is 6.61 Å². The molecular weight excluding hydrogens is 445 g/mol. The van der Waals surface area contributed by atoms with Crippen LogP contribution in [0.5, 0.6) is 5.88 Å². The van der Waals surface area contributed by atoms with Crippen LogP contribution in [0.15, 0.2) is 23.3 Å². The first-order valence-corrected chi connectivity index (χ1v) is 8.99. The summed E-state index contributed by atoms with van der Waals surface area (Å²) in [5.74, 6) is 1.60. The Morgan fingerprint density at radius 1 is 1.42 bits per heavy atom. The van der Waals surface area contributed by atoms with Crippen molar-refractivity contribution in [3.05, 3.63) is 23.9 Å². The molecule has 1 saturated heterocycles. The Labute approximate surface area is 173 Å². The van der Waals surface area contributed by atoms with E-state index in [0.29, 0.717) is 25.5 Å². The van der Waals surface area contributed by atoms with Gasteiger partial charge in [0.25, 0.3) is 0 Å². The molecule has 0 bridgehead atoms. The highest BCUT2D eigenvalue weighted by molar-refractivity contribution is 14.0. The van der Waals surface area contributed by atoms with E-state index in [1.807, 2.05) is 30.2 Å². The minimum atomic E-state index is 0. The molecule has 1 aromatic rings. The standard InChI is InChI=1S/C18H29N5O2.HI/c1-4-10-25-16-7-6-14(11-20-16)12-21-18(19-3)22-15-8-9-23(13-15)17(24)5-2;/h6-7,11,15H,4-5,8-10,12-13H2,1-3H3,(H2,19,21,22);1H. The van der Waals surface area contributed by atoms with Gasteiger partial charge < -0.3 is 20.3 Å². The number of halogens is 1. The van der Waals surface area contributed by atoms with Crippen LogP contribution in [-0.2, 0) is 11.3 Å². The predicted octanol–water partition coefficient (Wildman–Crippen LogP) is 2.16. The van der Waals surface area contributed by atoms with Crippen molar-refractivity contribution in [1.82, 2.24) is 20.5 Å². The van der Waals surface area contributed by atoms with E-state index < -0.39 is 0 Å². The number of carbonyl (C=O) groups excluding carboxylic acids is 1. The molecule has 1 aromatic heterocycles. The molecule has 8 heteroatoms. The highest BCUT2D eigenvalue weighted by atomic mass is 127. The molecule has 0 spiro atoms. The molecule has 1 atom stereocenters. The smallest absolute Gasteiger partial charge is 0.222 e. The Hall–Kier alpha value is -1.58. The third kappa shape index (κ3) is 6.97. The van der Waals surface area contributed by atoms with Crippen molar-refractivity contribution in [2.45, 2.75) is 45.7 Å². The monoisotopic (exact) mass is 475 g/mol. The molecule has 0 radical (unpaired) electrons. The molecule has 0 aliphatic carbocycles. The molecule has 7 nitrogen and oxygen atoms in total. The van der Waals surface area contributed by atoms with Gasteiger partial charge in [0.1, 0.15) is 0 Å². The largest absolute Gasteiger partial charge is 0.478 e. The zero-order valence-electron chi connectivity index (χ0n) is 15.8. The maximum atomic E-state index is 11.8. The number of carbonyl (C=O) groups is 1. The van der Waals surface area contributed by atoms with Crippen LogP contribution in [0.3, 0.4) is 0 Å².